The Morgan fingerprint density at radius 3 is 1.59 bits per heavy atom. The van der Waals surface area contributed by atoms with Crippen LogP contribution in [-0.4, -0.2) is 34.5 Å². The lowest BCUT2D eigenvalue weighted by atomic mass is 9.92. The summed E-state index contributed by atoms with van der Waals surface area (Å²) in [5.74, 6) is -6.41. The van der Waals surface area contributed by atoms with E-state index in [2.05, 4.69) is 9.47 Å². The summed E-state index contributed by atoms with van der Waals surface area (Å²) >= 11 is 0. The predicted octanol–water partition coefficient (Wildman–Crippen LogP) is 5.68. The van der Waals surface area contributed by atoms with Crippen LogP contribution < -0.4 is 9.47 Å². The Morgan fingerprint density at radius 1 is 0.838 bits per heavy atom. The maximum atomic E-state index is 12.6. The van der Waals surface area contributed by atoms with Crippen LogP contribution in [0.15, 0.2) is 48.6 Å². The van der Waals surface area contributed by atoms with Gasteiger partial charge in [0.05, 0.1) is 12.0 Å². The molecule has 2 N–H and O–H groups in total. The number of allylic oxidation sites excluding steroid dienone is 2. The van der Waals surface area contributed by atoms with E-state index in [0.29, 0.717) is 0 Å². The largest absolute Gasteiger partial charge is 0.573 e. The van der Waals surface area contributed by atoms with Gasteiger partial charge in [-0.3, -0.25) is 9.59 Å². The Morgan fingerprint density at radius 2 is 1.24 bits per heavy atom. The molecule has 0 saturated heterocycles. The zero-order valence-corrected chi connectivity index (χ0v) is 18.5. The van der Waals surface area contributed by atoms with E-state index in [1.807, 2.05) is 0 Å². The molecule has 0 fully saturated rings. The number of carbonyl (C=O) groups excluding carboxylic acids is 2. The lowest BCUT2D eigenvalue weighted by Crippen LogP contribution is -2.21. The van der Waals surface area contributed by atoms with Crippen LogP contribution in [0.1, 0.15) is 24.0 Å². The summed E-state index contributed by atoms with van der Waals surface area (Å²) in [5, 5.41) is 27.8. The number of nitrogens with zero attached hydrogens (tertiary/aromatic N) is 1. The number of carbonyl (C=O) groups is 2. The van der Waals surface area contributed by atoms with Gasteiger partial charge in [-0.05, 0) is 54.0 Å². The molecule has 0 bridgehead atoms. The van der Waals surface area contributed by atoms with Gasteiger partial charge in [0.1, 0.15) is 0 Å². The zero-order chi connectivity index (χ0) is 27.8. The number of phenols is 2. The number of ketones is 2. The monoisotopic (exact) mass is 529 g/mol. The van der Waals surface area contributed by atoms with Gasteiger partial charge in [-0.25, -0.2) is 0 Å². The summed E-state index contributed by atoms with van der Waals surface area (Å²) in [6, 6.07) is 7.56. The average molecular weight is 529 g/mol. The molecule has 37 heavy (non-hydrogen) atoms. The van der Waals surface area contributed by atoms with E-state index in [4.69, 9.17) is 5.26 Å². The summed E-state index contributed by atoms with van der Waals surface area (Å²) in [7, 11) is 0. The van der Waals surface area contributed by atoms with E-state index in [-0.39, 0.29) is 24.0 Å². The number of hydrogen-bond acceptors (Lipinski definition) is 7. The summed E-state index contributed by atoms with van der Waals surface area (Å²) in [5.41, 5.74) is 0.0439. The first-order valence-electron chi connectivity index (χ1n) is 10.2. The zero-order valence-electron chi connectivity index (χ0n) is 18.5. The Kier molecular flexibility index (Phi) is 9.31. The Hall–Kier alpha value is -4.47. The van der Waals surface area contributed by atoms with Crippen molar-refractivity contribution in [3.8, 4) is 29.1 Å². The van der Waals surface area contributed by atoms with Crippen LogP contribution >= 0.6 is 0 Å². The molecule has 0 spiro atoms. The lowest BCUT2D eigenvalue weighted by molar-refractivity contribution is -0.276. The normalized spacial score (nSPS) is 12.2. The van der Waals surface area contributed by atoms with Gasteiger partial charge < -0.3 is 19.7 Å². The van der Waals surface area contributed by atoms with Crippen LogP contribution in [0.2, 0.25) is 0 Å². The molecule has 0 aliphatic heterocycles. The molecule has 0 saturated carbocycles. The Bertz CT molecular complexity index is 1160. The van der Waals surface area contributed by atoms with Gasteiger partial charge in [0.15, 0.2) is 34.6 Å². The molecule has 0 unspecified atom stereocenters. The second-order valence-electron chi connectivity index (χ2n) is 7.27. The van der Waals surface area contributed by atoms with Crippen LogP contribution in [0, 0.1) is 17.2 Å². The number of halogens is 6. The number of benzene rings is 2. The van der Waals surface area contributed by atoms with E-state index in [1.165, 1.54) is 12.1 Å². The molecule has 2 aromatic carbocycles. The quantitative estimate of drug-likeness (QED) is 0.231. The third-order valence-corrected chi connectivity index (χ3v) is 4.53. The predicted molar refractivity (Wildman–Crippen MR) is 116 cm³/mol. The average Bonchev–Trinajstić information content (AvgIpc) is 2.78. The van der Waals surface area contributed by atoms with Crippen molar-refractivity contribution in [2.24, 2.45) is 5.92 Å². The molecule has 0 heterocycles. The molecule has 2 rings (SSSR count). The minimum atomic E-state index is -5.08. The van der Waals surface area contributed by atoms with Crippen LogP contribution in [-0.2, 0) is 9.59 Å². The minimum absolute atomic E-state index is 0.0220. The van der Waals surface area contributed by atoms with E-state index >= 15 is 0 Å². The van der Waals surface area contributed by atoms with Crippen molar-refractivity contribution in [3.05, 3.63) is 59.7 Å². The van der Waals surface area contributed by atoms with E-state index in [0.717, 1.165) is 48.6 Å². The van der Waals surface area contributed by atoms with Crippen molar-refractivity contribution in [3.63, 3.8) is 0 Å². The molecule has 0 radical (unpaired) electrons. The summed E-state index contributed by atoms with van der Waals surface area (Å²) < 4.78 is 82.0. The van der Waals surface area contributed by atoms with Gasteiger partial charge in [-0.2, -0.15) is 5.26 Å². The molecular weight excluding hydrogens is 512 g/mol. The topological polar surface area (TPSA) is 117 Å². The first kappa shape index (κ1) is 28.8. The fraction of sp³-hybridized carbons (Fsp3) is 0.208. The fourth-order valence-corrected chi connectivity index (χ4v) is 2.90. The molecule has 13 heteroatoms. The van der Waals surface area contributed by atoms with Gasteiger partial charge >= 0.3 is 12.7 Å². The molecule has 7 nitrogen and oxygen atoms in total. The van der Waals surface area contributed by atoms with Crippen molar-refractivity contribution < 1.29 is 55.6 Å². The highest BCUT2D eigenvalue weighted by atomic mass is 19.4. The van der Waals surface area contributed by atoms with E-state index < -0.39 is 53.2 Å². The van der Waals surface area contributed by atoms with E-state index in [9.17, 15) is 46.1 Å². The van der Waals surface area contributed by atoms with Crippen molar-refractivity contribution in [1.82, 2.24) is 0 Å². The van der Waals surface area contributed by atoms with Crippen LogP contribution in [0.3, 0.4) is 0 Å². The molecule has 0 aromatic heterocycles. The summed E-state index contributed by atoms with van der Waals surface area (Å²) in [6.45, 7) is 0. The van der Waals surface area contributed by atoms with Gasteiger partial charge in [0.25, 0.3) is 0 Å². The molecule has 0 aliphatic rings. The Balaban J connectivity index is 2.22. The SMILES string of the molecule is N#CCCC(C(=O)/C=C/c1ccc(O)c(OC(F)(F)F)c1)C(=O)/C=C/c1ccc(O)c(OC(F)(F)F)c1. The van der Waals surface area contributed by atoms with Gasteiger partial charge in [-0.15, -0.1) is 26.3 Å². The van der Waals surface area contributed by atoms with E-state index in [1.54, 1.807) is 6.07 Å². The lowest BCUT2D eigenvalue weighted by Gasteiger charge is -2.11. The number of alkyl halides is 6. The molecule has 0 atom stereocenters. The third-order valence-electron chi connectivity index (χ3n) is 4.53. The standard InChI is InChI=1S/C24H17F6NO6/c25-23(26,27)36-21-12-14(5-9-19(21)34)3-7-17(32)16(2-1-11-31)18(33)8-4-15-6-10-20(35)22(13-15)37-24(28,29)30/h3-10,12-13,16,34-35H,1-2H2/b7-3+,8-4+. The molecule has 2 aromatic rings. The van der Waals surface area contributed by atoms with Crippen molar-refractivity contribution in [1.29, 1.82) is 5.26 Å². The highest BCUT2D eigenvalue weighted by molar-refractivity contribution is 6.13. The molecular formula is C24H17F6NO6. The van der Waals surface area contributed by atoms with Crippen molar-refractivity contribution >= 4 is 23.7 Å². The number of ether oxygens (including phenoxy) is 2. The second kappa shape index (κ2) is 12.0. The maximum Gasteiger partial charge on any atom is 0.573 e. The van der Waals surface area contributed by atoms with Gasteiger partial charge in [0.2, 0.25) is 0 Å². The first-order valence-corrected chi connectivity index (χ1v) is 10.2. The van der Waals surface area contributed by atoms with Crippen LogP contribution in [0.4, 0.5) is 26.3 Å². The number of phenolic OH excluding ortho intramolecular Hbond substituents is 2. The smallest absolute Gasteiger partial charge is 0.504 e. The third kappa shape index (κ3) is 9.60. The first-order chi connectivity index (χ1) is 17.2. The van der Waals surface area contributed by atoms with Crippen LogP contribution in [0.5, 0.6) is 23.0 Å². The molecule has 0 aliphatic carbocycles. The van der Waals surface area contributed by atoms with Crippen LogP contribution in [0.25, 0.3) is 12.2 Å². The fourth-order valence-electron chi connectivity index (χ4n) is 2.90. The van der Waals surface area contributed by atoms with Gasteiger partial charge in [0, 0.05) is 6.42 Å². The number of aromatic hydroxyl groups is 2. The molecule has 196 valence electrons. The number of hydrogen-bond donors (Lipinski definition) is 2. The highest BCUT2D eigenvalue weighted by Gasteiger charge is 2.33. The highest BCUT2D eigenvalue weighted by Crippen LogP contribution is 2.33. The Labute approximate surface area is 205 Å². The number of nitriles is 1. The second-order valence-corrected chi connectivity index (χ2v) is 7.27. The van der Waals surface area contributed by atoms with Gasteiger partial charge in [-0.1, -0.05) is 24.3 Å². The van der Waals surface area contributed by atoms with Crippen molar-refractivity contribution in [2.45, 2.75) is 25.6 Å². The minimum Gasteiger partial charge on any atom is -0.504 e. The summed E-state index contributed by atoms with van der Waals surface area (Å²) in [4.78, 5) is 25.2. The van der Waals surface area contributed by atoms with Crippen molar-refractivity contribution in [2.75, 3.05) is 0 Å². The summed E-state index contributed by atoms with van der Waals surface area (Å²) in [6.07, 6.45) is -6.62. The number of rotatable bonds is 10. The maximum absolute atomic E-state index is 12.6. The molecule has 0 amide bonds.